The third-order valence-corrected chi connectivity index (χ3v) is 13.3. The van der Waals surface area contributed by atoms with Crippen LogP contribution in [-0.4, -0.2) is 82.6 Å². The fourth-order valence-electron chi connectivity index (χ4n) is 8.62. The summed E-state index contributed by atoms with van der Waals surface area (Å²) in [5, 5.41) is 13.0. The predicted octanol–water partition coefficient (Wildman–Crippen LogP) is 7.20. The van der Waals surface area contributed by atoms with Gasteiger partial charge < -0.3 is 24.2 Å². The molecule has 4 aromatic heterocycles. The van der Waals surface area contributed by atoms with Crippen molar-refractivity contribution < 1.29 is 19.4 Å². The van der Waals surface area contributed by atoms with Crippen LogP contribution in [0, 0.1) is 19.8 Å². The molecule has 310 valence electrons. The molecule has 61 heavy (non-hydrogen) atoms. The number of thiazole rings is 1. The van der Waals surface area contributed by atoms with Gasteiger partial charge in [-0.3, -0.25) is 23.9 Å². The van der Waals surface area contributed by atoms with Gasteiger partial charge in [-0.2, -0.15) is 0 Å². The van der Waals surface area contributed by atoms with Gasteiger partial charge in [-0.1, -0.05) is 66.7 Å². The number of piperidine rings is 2. The normalized spacial score (nSPS) is 17.7. The van der Waals surface area contributed by atoms with E-state index < -0.39 is 5.60 Å². The van der Waals surface area contributed by atoms with Crippen LogP contribution in [0.2, 0.25) is 0 Å². The summed E-state index contributed by atoms with van der Waals surface area (Å²) in [6.07, 6.45) is 6.26. The number of aromatic nitrogens is 5. The summed E-state index contributed by atoms with van der Waals surface area (Å²) in [4.78, 5) is 60.4. The van der Waals surface area contributed by atoms with Crippen molar-refractivity contribution in [3.63, 3.8) is 0 Å². The van der Waals surface area contributed by atoms with E-state index in [0.717, 1.165) is 33.1 Å². The van der Waals surface area contributed by atoms with E-state index in [4.69, 9.17) is 9.72 Å². The van der Waals surface area contributed by atoms with Gasteiger partial charge in [0.25, 0.3) is 11.5 Å². The minimum Gasteiger partial charge on any atom is -0.489 e. The number of rotatable bonds is 10. The van der Waals surface area contributed by atoms with Crippen molar-refractivity contribution in [2.75, 3.05) is 26.2 Å². The van der Waals surface area contributed by atoms with Crippen molar-refractivity contribution in [2.45, 2.75) is 57.8 Å². The summed E-state index contributed by atoms with van der Waals surface area (Å²) in [6, 6.07) is 33.2. The smallest absolute Gasteiger partial charge is 0.265 e. The van der Waals surface area contributed by atoms with Crippen molar-refractivity contribution in [3.05, 3.63) is 160 Å². The Bertz CT molecular complexity index is 2740. The molecular formula is C48H47N7O5S. The molecule has 2 amide bonds. The zero-order chi connectivity index (χ0) is 42.1. The zero-order valence-electron chi connectivity index (χ0n) is 34.2. The van der Waals surface area contributed by atoms with Crippen LogP contribution in [0.15, 0.2) is 127 Å². The van der Waals surface area contributed by atoms with E-state index in [1.807, 2.05) is 131 Å². The van der Waals surface area contributed by atoms with Gasteiger partial charge in [0, 0.05) is 67.7 Å². The van der Waals surface area contributed by atoms with E-state index >= 15 is 0 Å². The maximum Gasteiger partial charge on any atom is 0.265 e. The molecule has 7 aromatic rings. The van der Waals surface area contributed by atoms with Crippen LogP contribution in [0.25, 0.3) is 27.3 Å². The molecule has 3 aromatic carbocycles. The first-order chi connectivity index (χ1) is 29.6. The van der Waals surface area contributed by atoms with Gasteiger partial charge in [-0.05, 0) is 74.6 Å². The molecule has 6 heterocycles. The quantitative estimate of drug-likeness (QED) is 0.153. The number of pyridine rings is 1. The van der Waals surface area contributed by atoms with Crippen LogP contribution >= 0.6 is 11.3 Å². The minimum absolute atomic E-state index is 0.0299. The largest absolute Gasteiger partial charge is 0.489 e. The first kappa shape index (κ1) is 40.0. The van der Waals surface area contributed by atoms with Crippen molar-refractivity contribution in [1.29, 1.82) is 0 Å². The van der Waals surface area contributed by atoms with Crippen LogP contribution in [0.1, 0.15) is 57.4 Å². The van der Waals surface area contributed by atoms with Gasteiger partial charge in [0.05, 0.1) is 28.9 Å². The molecule has 0 saturated carbocycles. The summed E-state index contributed by atoms with van der Waals surface area (Å²) >= 11 is 1.38. The minimum atomic E-state index is -1.20. The lowest BCUT2D eigenvalue weighted by Gasteiger charge is -2.43. The number of aryl methyl sites for hydroxylation is 2. The van der Waals surface area contributed by atoms with E-state index in [9.17, 15) is 19.5 Å². The molecule has 13 heteroatoms. The maximum absolute atomic E-state index is 14.4. The summed E-state index contributed by atoms with van der Waals surface area (Å²) in [7, 11) is 0. The number of carbonyl (C=O) groups excluding carboxylic acids is 2. The number of nitrogens with zero attached hydrogens (tertiary/aromatic N) is 7. The molecule has 2 atom stereocenters. The third-order valence-electron chi connectivity index (χ3n) is 12.1. The van der Waals surface area contributed by atoms with E-state index in [1.165, 1.54) is 22.2 Å². The van der Waals surface area contributed by atoms with Gasteiger partial charge in [0.15, 0.2) is 5.65 Å². The maximum atomic E-state index is 14.4. The molecule has 0 aliphatic carbocycles. The highest BCUT2D eigenvalue weighted by atomic mass is 32.1. The average molecular weight is 834 g/mol. The number of benzene rings is 3. The second kappa shape index (κ2) is 16.9. The molecule has 1 N–H and O–H groups in total. The highest BCUT2D eigenvalue weighted by Crippen LogP contribution is 2.37. The summed E-state index contributed by atoms with van der Waals surface area (Å²) < 4.78 is 9.38. The highest BCUT2D eigenvalue weighted by Gasteiger charge is 2.42. The van der Waals surface area contributed by atoms with Gasteiger partial charge in [-0.25, -0.2) is 9.97 Å². The first-order valence-electron chi connectivity index (χ1n) is 20.7. The highest BCUT2D eigenvalue weighted by molar-refractivity contribution is 7.17. The molecule has 0 spiro atoms. The fourth-order valence-corrected chi connectivity index (χ4v) is 9.64. The van der Waals surface area contributed by atoms with Crippen LogP contribution in [0.3, 0.4) is 0 Å². The Morgan fingerprint density at radius 2 is 1.66 bits per heavy atom. The Kier molecular flexibility index (Phi) is 11.1. The van der Waals surface area contributed by atoms with Gasteiger partial charge >= 0.3 is 0 Å². The van der Waals surface area contributed by atoms with Gasteiger partial charge in [0.1, 0.15) is 28.6 Å². The zero-order valence-corrected chi connectivity index (χ0v) is 35.0. The molecule has 12 nitrogen and oxygen atoms in total. The first-order valence-corrected chi connectivity index (χ1v) is 21.5. The lowest BCUT2D eigenvalue weighted by atomic mass is 9.79. The number of fused-ring (bicyclic) bond motifs is 1. The lowest BCUT2D eigenvalue weighted by Crippen LogP contribution is -2.53. The topological polar surface area (TPSA) is 136 Å². The van der Waals surface area contributed by atoms with Gasteiger partial charge in [0.2, 0.25) is 5.91 Å². The Hall–Kier alpha value is -6.44. The molecule has 0 radical (unpaired) electrons. The molecule has 2 saturated heterocycles. The Balaban J connectivity index is 0.857. The number of amides is 2. The van der Waals surface area contributed by atoms with E-state index in [2.05, 4.69) is 9.97 Å². The van der Waals surface area contributed by atoms with Crippen molar-refractivity contribution in [3.8, 4) is 22.0 Å². The number of likely N-dealkylation sites (tertiary alicyclic amines) is 2. The fraction of sp³-hybridized carbons (Fsp3) is 0.292. The lowest BCUT2D eigenvalue weighted by molar-refractivity contribution is -0.142. The second-order valence-electron chi connectivity index (χ2n) is 16.2. The van der Waals surface area contributed by atoms with Crippen molar-refractivity contribution in [2.24, 2.45) is 5.92 Å². The Morgan fingerprint density at radius 1 is 0.885 bits per heavy atom. The summed E-state index contributed by atoms with van der Waals surface area (Å²) in [6.45, 7) is 5.87. The summed E-state index contributed by atoms with van der Waals surface area (Å²) in [5.74, 6) is 0.127. The standard InChI is InChI=1S/C48H47N7O5S/c1-32-16-17-36(27-49-32)44-51-33(2)42(61-44)47(58)53-22-18-39(41(28-53)35-12-7-4-8-13-35)45(56)52-24-20-48(59,21-25-52)30-54-31-50-43-40(46(54)57)19-23-55(43)37-14-9-15-38(26-37)60-29-34-10-5-3-6-11-34/h3-17,19,23,26-27,31,39,41,59H,18,20-22,24-25,28-30H2,1-2H3/t39-,41+/m1/s1. The number of carbonyl (C=O) groups is 2. The van der Waals surface area contributed by atoms with E-state index in [1.54, 1.807) is 12.3 Å². The molecule has 0 bridgehead atoms. The second-order valence-corrected chi connectivity index (χ2v) is 17.2. The summed E-state index contributed by atoms with van der Waals surface area (Å²) in [5.41, 5.74) is 4.45. The molecular weight excluding hydrogens is 787 g/mol. The number of hydrogen-bond acceptors (Lipinski definition) is 9. The number of ether oxygens (including phenoxy) is 1. The molecule has 2 aliphatic heterocycles. The molecule has 2 fully saturated rings. The van der Waals surface area contributed by atoms with Crippen molar-refractivity contribution in [1.82, 2.24) is 33.9 Å². The predicted molar refractivity (Wildman–Crippen MR) is 235 cm³/mol. The number of hydrogen-bond donors (Lipinski definition) is 1. The molecule has 9 rings (SSSR count). The Morgan fingerprint density at radius 3 is 2.41 bits per heavy atom. The van der Waals surface area contributed by atoms with E-state index in [-0.39, 0.29) is 35.8 Å². The van der Waals surface area contributed by atoms with Gasteiger partial charge in [-0.15, -0.1) is 11.3 Å². The van der Waals surface area contributed by atoms with Crippen LogP contribution in [0.4, 0.5) is 0 Å². The van der Waals surface area contributed by atoms with Crippen LogP contribution in [0.5, 0.6) is 5.75 Å². The molecule has 0 unspecified atom stereocenters. The monoisotopic (exact) mass is 833 g/mol. The average Bonchev–Trinajstić information content (AvgIpc) is 3.91. The molecule has 2 aliphatic rings. The van der Waals surface area contributed by atoms with E-state index in [0.29, 0.717) is 79.4 Å². The Labute approximate surface area is 357 Å². The number of aliphatic hydroxyl groups is 1. The van der Waals surface area contributed by atoms with Crippen LogP contribution in [-0.2, 0) is 17.9 Å². The SMILES string of the molecule is Cc1ccc(-c2nc(C)c(C(=O)N3CC[C@@H](C(=O)N4CCC(O)(Cn5cnc6c(ccn6-c6cccc(OCc7ccccc7)c6)c5=O)CC4)[C@H](c4ccccc4)C3)s2)cn1. The van der Waals surface area contributed by atoms with Crippen molar-refractivity contribution >= 4 is 34.2 Å². The third kappa shape index (κ3) is 8.35. The van der Waals surface area contributed by atoms with Crippen LogP contribution < -0.4 is 10.3 Å².